The lowest BCUT2D eigenvalue weighted by atomic mass is 9.90. The van der Waals surface area contributed by atoms with Crippen LogP contribution >= 0.6 is 0 Å². The molecule has 1 fully saturated rings. The average molecular weight is 173 g/mol. The van der Waals surface area contributed by atoms with Crippen molar-refractivity contribution in [3.63, 3.8) is 0 Å². The van der Waals surface area contributed by atoms with Crippen LogP contribution in [0.4, 0.5) is 0 Å². The fraction of sp³-hybridized carbons (Fsp3) is 0.364. The van der Waals surface area contributed by atoms with Crippen molar-refractivity contribution in [3.8, 4) is 0 Å². The molecule has 0 unspecified atom stereocenters. The predicted molar refractivity (Wildman–Crippen MR) is 49.8 cm³/mol. The Bertz CT molecular complexity index is 332. The first kappa shape index (κ1) is 7.13. The van der Waals surface area contributed by atoms with Crippen LogP contribution in [0.15, 0.2) is 36.5 Å². The van der Waals surface area contributed by atoms with Crippen LogP contribution in [-0.4, -0.2) is 11.9 Å². The molecule has 3 rings (SSSR count). The number of hydrogen-bond donors (Lipinski definition) is 1. The maximum Gasteiger partial charge on any atom is 0.228 e. The second-order valence-corrected chi connectivity index (χ2v) is 3.87. The third-order valence-electron chi connectivity index (χ3n) is 3.08. The second-order valence-electron chi connectivity index (χ2n) is 3.87. The van der Waals surface area contributed by atoms with Crippen molar-refractivity contribution >= 4 is 5.91 Å². The molecule has 0 radical (unpaired) electrons. The minimum atomic E-state index is 0.0659. The van der Waals surface area contributed by atoms with E-state index in [9.17, 15) is 4.79 Å². The molecular formula is C11H11NO. The van der Waals surface area contributed by atoms with Crippen LogP contribution < -0.4 is 5.32 Å². The van der Waals surface area contributed by atoms with Crippen molar-refractivity contribution in [2.45, 2.75) is 6.04 Å². The molecule has 1 amide bonds. The van der Waals surface area contributed by atoms with Crippen LogP contribution in [0.2, 0.25) is 0 Å². The quantitative estimate of drug-likeness (QED) is 0.545. The Kier molecular flexibility index (Phi) is 1.29. The molecule has 0 spiro atoms. The summed E-state index contributed by atoms with van der Waals surface area (Å²) in [4.78, 5) is 11.5. The second kappa shape index (κ2) is 2.34. The van der Waals surface area contributed by atoms with Gasteiger partial charge >= 0.3 is 0 Å². The normalized spacial score (nSPS) is 44.8. The van der Waals surface area contributed by atoms with Gasteiger partial charge in [-0.2, -0.15) is 0 Å². The molecule has 1 aliphatic heterocycles. The summed E-state index contributed by atoms with van der Waals surface area (Å²) in [7, 11) is 0. The molecule has 4 atom stereocenters. The molecule has 2 nitrogen and oxygen atoms in total. The van der Waals surface area contributed by atoms with Gasteiger partial charge in [-0.3, -0.25) is 4.79 Å². The number of allylic oxidation sites excluding steroid dienone is 3. The van der Waals surface area contributed by atoms with Crippen LogP contribution in [0, 0.1) is 17.8 Å². The minimum absolute atomic E-state index is 0.0659. The SMILES string of the molecule is O=C1N[C@H]2C=C[C@@H]3C=C[C@H]2[C@@H]1C=C3. The highest BCUT2D eigenvalue weighted by molar-refractivity contribution is 5.84. The molecule has 0 saturated carbocycles. The van der Waals surface area contributed by atoms with Gasteiger partial charge in [-0.05, 0) is 0 Å². The Morgan fingerprint density at radius 1 is 1.00 bits per heavy atom. The molecule has 0 aromatic heterocycles. The number of rotatable bonds is 0. The van der Waals surface area contributed by atoms with E-state index in [4.69, 9.17) is 0 Å². The number of carbonyl (C=O) groups excluding carboxylic acids is 1. The first-order valence-electron chi connectivity index (χ1n) is 4.70. The lowest BCUT2D eigenvalue weighted by Crippen LogP contribution is -2.25. The van der Waals surface area contributed by atoms with Crippen molar-refractivity contribution in [3.05, 3.63) is 36.5 Å². The predicted octanol–water partition coefficient (Wildman–Crippen LogP) is 1.03. The zero-order chi connectivity index (χ0) is 8.84. The van der Waals surface area contributed by atoms with Gasteiger partial charge in [0.25, 0.3) is 0 Å². The monoisotopic (exact) mass is 173 g/mol. The van der Waals surface area contributed by atoms with E-state index < -0.39 is 0 Å². The van der Waals surface area contributed by atoms with Crippen molar-refractivity contribution in [1.29, 1.82) is 0 Å². The first-order chi connectivity index (χ1) is 6.34. The lowest BCUT2D eigenvalue weighted by molar-refractivity contribution is -0.121. The van der Waals surface area contributed by atoms with Crippen LogP contribution in [0.3, 0.4) is 0 Å². The van der Waals surface area contributed by atoms with E-state index in [2.05, 4.69) is 35.7 Å². The molecular weight excluding hydrogens is 162 g/mol. The highest BCUT2D eigenvalue weighted by atomic mass is 16.2. The largest absolute Gasteiger partial charge is 0.349 e. The molecule has 66 valence electrons. The molecule has 1 saturated heterocycles. The van der Waals surface area contributed by atoms with Gasteiger partial charge in [0.1, 0.15) is 0 Å². The Balaban J connectivity index is 2.15. The van der Waals surface area contributed by atoms with E-state index in [1.165, 1.54) is 0 Å². The molecule has 1 heterocycles. The summed E-state index contributed by atoms with van der Waals surface area (Å²) in [5.41, 5.74) is 0. The lowest BCUT2D eigenvalue weighted by Gasteiger charge is -2.12. The highest BCUT2D eigenvalue weighted by Gasteiger charge is 2.39. The standard InChI is InChI=1S/C11H11NO/c13-11-9-5-2-7-1-4-8(9)10(12-11)6-3-7/h1-10H,(H,12,13)/t7-,8+,9+,10+/m1/s1. The summed E-state index contributed by atoms with van der Waals surface area (Å²) in [5, 5.41) is 3.00. The van der Waals surface area contributed by atoms with Crippen molar-refractivity contribution in [1.82, 2.24) is 5.32 Å². The van der Waals surface area contributed by atoms with Gasteiger partial charge in [-0.25, -0.2) is 0 Å². The van der Waals surface area contributed by atoms with E-state index in [1.807, 2.05) is 6.08 Å². The van der Waals surface area contributed by atoms with Crippen molar-refractivity contribution < 1.29 is 4.79 Å². The Hall–Kier alpha value is -1.31. The Morgan fingerprint density at radius 3 is 2.69 bits per heavy atom. The number of hydrogen-bond acceptors (Lipinski definition) is 1. The summed E-state index contributed by atoms with van der Waals surface area (Å²) in [6, 6.07) is 0.226. The van der Waals surface area contributed by atoms with Gasteiger partial charge in [0.2, 0.25) is 5.91 Å². The third kappa shape index (κ3) is 0.916. The van der Waals surface area contributed by atoms with E-state index in [0.29, 0.717) is 11.8 Å². The molecule has 0 aromatic rings. The summed E-state index contributed by atoms with van der Waals surface area (Å²) >= 11 is 0. The fourth-order valence-corrected chi connectivity index (χ4v) is 2.33. The molecule has 2 bridgehead atoms. The van der Waals surface area contributed by atoms with Crippen molar-refractivity contribution in [2.75, 3.05) is 0 Å². The number of nitrogens with one attached hydrogen (secondary N) is 1. The van der Waals surface area contributed by atoms with Gasteiger partial charge in [-0.1, -0.05) is 36.5 Å². The van der Waals surface area contributed by atoms with Gasteiger partial charge in [0.15, 0.2) is 0 Å². The minimum Gasteiger partial charge on any atom is -0.349 e. The topological polar surface area (TPSA) is 29.1 Å². The van der Waals surface area contributed by atoms with Crippen molar-refractivity contribution in [2.24, 2.45) is 17.8 Å². The smallest absolute Gasteiger partial charge is 0.228 e. The Morgan fingerprint density at radius 2 is 1.77 bits per heavy atom. The summed E-state index contributed by atoms with van der Waals surface area (Å²) < 4.78 is 0. The van der Waals surface area contributed by atoms with Gasteiger partial charge < -0.3 is 5.32 Å². The summed E-state index contributed by atoms with van der Waals surface area (Å²) in [6.45, 7) is 0. The van der Waals surface area contributed by atoms with Gasteiger partial charge in [-0.15, -0.1) is 0 Å². The van der Waals surface area contributed by atoms with Crippen LogP contribution in [0.5, 0.6) is 0 Å². The zero-order valence-electron chi connectivity index (χ0n) is 7.18. The first-order valence-corrected chi connectivity index (χ1v) is 4.70. The zero-order valence-corrected chi connectivity index (χ0v) is 7.18. The number of fused-ring (bicyclic) bond motifs is 1. The van der Waals surface area contributed by atoms with E-state index in [0.717, 1.165) is 0 Å². The average Bonchev–Trinajstić information content (AvgIpc) is 2.29. The van der Waals surface area contributed by atoms with Gasteiger partial charge in [0.05, 0.1) is 12.0 Å². The molecule has 2 aliphatic carbocycles. The Labute approximate surface area is 77.0 Å². The molecule has 3 aliphatic rings. The van der Waals surface area contributed by atoms with E-state index >= 15 is 0 Å². The van der Waals surface area contributed by atoms with Crippen LogP contribution in [0.25, 0.3) is 0 Å². The third-order valence-corrected chi connectivity index (χ3v) is 3.08. The van der Waals surface area contributed by atoms with E-state index in [-0.39, 0.29) is 17.9 Å². The highest BCUT2D eigenvalue weighted by Crippen LogP contribution is 2.33. The molecule has 13 heavy (non-hydrogen) atoms. The molecule has 0 aromatic carbocycles. The number of carbonyl (C=O) groups is 1. The number of amides is 1. The summed E-state index contributed by atoms with van der Waals surface area (Å²) in [6.07, 6.45) is 12.8. The molecule has 2 heteroatoms. The molecule has 1 N–H and O–H groups in total. The summed E-state index contributed by atoms with van der Waals surface area (Å²) in [5.74, 6) is 0.969. The van der Waals surface area contributed by atoms with E-state index in [1.54, 1.807) is 0 Å². The maximum absolute atomic E-state index is 11.5. The van der Waals surface area contributed by atoms with Crippen LogP contribution in [0.1, 0.15) is 0 Å². The fourth-order valence-electron chi connectivity index (χ4n) is 2.33. The maximum atomic E-state index is 11.5. The van der Waals surface area contributed by atoms with Crippen LogP contribution in [-0.2, 0) is 4.79 Å². The van der Waals surface area contributed by atoms with Gasteiger partial charge in [0, 0.05) is 11.8 Å².